The quantitative estimate of drug-likeness (QED) is 0.178. The Morgan fingerprint density at radius 1 is 1.33 bits per heavy atom. The summed E-state index contributed by atoms with van der Waals surface area (Å²) in [5, 5.41) is 14.0. The highest BCUT2D eigenvalue weighted by atomic mass is 16.6. The van der Waals surface area contributed by atoms with Crippen LogP contribution in [-0.2, 0) is 6.42 Å². The minimum absolute atomic E-state index is 0.142. The molecule has 1 N–H and O–H groups in total. The summed E-state index contributed by atoms with van der Waals surface area (Å²) in [6.07, 6.45) is 6.99. The molecule has 0 aromatic heterocycles. The summed E-state index contributed by atoms with van der Waals surface area (Å²) in [5.74, 6) is 0.911. The zero-order valence-electron chi connectivity index (χ0n) is 14.7. The summed E-state index contributed by atoms with van der Waals surface area (Å²) in [6.45, 7) is 5.55. The van der Waals surface area contributed by atoms with E-state index < -0.39 is 0 Å². The smallest absolute Gasteiger partial charge is 0.269 e. The summed E-state index contributed by atoms with van der Waals surface area (Å²) in [6, 6.07) is 6.79. The molecule has 1 aromatic carbocycles. The van der Waals surface area contributed by atoms with Crippen LogP contribution in [0.5, 0.6) is 0 Å². The Morgan fingerprint density at radius 2 is 2.04 bits per heavy atom. The van der Waals surface area contributed by atoms with Crippen molar-refractivity contribution in [2.45, 2.75) is 32.1 Å². The third kappa shape index (κ3) is 7.26. The van der Waals surface area contributed by atoms with Crippen LogP contribution in [-0.4, -0.2) is 43.0 Å². The minimum Gasteiger partial charge on any atom is -0.356 e. The molecule has 0 aliphatic carbocycles. The van der Waals surface area contributed by atoms with Crippen LogP contribution in [0.4, 0.5) is 5.69 Å². The number of hydrogen-bond donors (Lipinski definition) is 1. The summed E-state index contributed by atoms with van der Waals surface area (Å²) in [5.41, 5.74) is 1.27. The lowest BCUT2D eigenvalue weighted by Crippen LogP contribution is -2.39. The van der Waals surface area contributed by atoms with Crippen LogP contribution in [0.15, 0.2) is 41.9 Å². The van der Waals surface area contributed by atoms with E-state index in [1.807, 2.05) is 25.3 Å². The van der Waals surface area contributed by atoms with Gasteiger partial charge in [-0.25, -0.2) is 0 Å². The molecule has 0 saturated heterocycles. The maximum absolute atomic E-state index is 10.6. The van der Waals surface area contributed by atoms with Crippen LogP contribution in [0.3, 0.4) is 0 Å². The van der Waals surface area contributed by atoms with Gasteiger partial charge in [0.15, 0.2) is 5.96 Å². The minimum atomic E-state index is -0.370. The van der Waals surface area contributed by atoms with Crippen molar-refractivity contribution in [2.24, 2.45) is 4.99 Å². The normalized spacial score (nSPS) is 11.2. The molecule has 0 heterocycles. The molecule has 6 nitrogen and oxygen atoms in total. The van der Waals surface area contributed by atoms with Gasteiger partial charge >= 0.3 is 0 Å². The van der Waals surface area contributed by atoms with Crippen LogP contribution in [0, 0.1) is 10.1 Å². The van der Waals surface area contributed by atoms with Crippen LogP contribution in [0.1, 0.15) is 31.2 Å². The van der Waals surface area contributed by atoms with E-state index in [1.165, 1.54) is 0 Å². The lowest BCUT2D eigenvalue weighted by Gasteiger charge is -2.21. The number of aliphatic imine (C=N–C) groups is 1. The number of guanidine groups is 1. The Hall–Kier alpha value is -2.37. The molecule has 0 aliphatic heterocycles. The summed E-state index contributed by atoms with van der Waals surface area (Å²) < 4.78 is 0. The fourth-order valence-electron chi connectivity index (χ4n) is 2.40. The van der Waals surface area contributed by atoms with Gasteiger partial charge in [-0.3, -0.25) is 15.1 Å². The van der Waals surface area contributed by atoms with Crippen molar-refractivity contribution in [3.63, 3.8) is 0 Å². The second-order valence-electron chi connectivity index (χ2n) is 5.71. The molecule has 0 bridgehead atoms. The van der Waals surface area contributed by atoms with Crippen LogP contribution >= 0.6 is 0 Å². The summed E-state index contributed by atoms with van der Waals surface area (Å²) >= 11 is 0. The molecular weight excluding hydrogens is 304 g/mol. The van der Waals surface area contributed by atoms with Crippen molar-refractivity contribution >= 4 is 11.6 Å². The molecule has 0 fully saturated rings. The molecule has 0 saturated carbocycles. The van der Waals surface area contributed by atoms with Gasteiger partial charge in [0.1, 0.15) is 0 Å². The number of allylic oxidation sites excluding steroid dienone is 1. The molecule has 0 amide bonds. The Labute approximate surface area is 144 Å². The van der Waals surface area contributed by atoms with Crippen molar-refractivity contribution in [3.8, 4) is 0 Å². The van der Waals surface area contributed by atoms with Gasteiger partial charge in [-0.2, -0.15) is 0 Å². The molecule has 0 radical (unpaired) electrons. The number of nitro benzene ring substituents is 1. The Bertz CT molecular complexity index is 540. The molecular formula is C18H28N4O2. The van der Waals surface area contributed by atoms with Gasteiger partial charge in [-0.15, -0.1) is 6.58 Å². The average Bonchev–Trinajstić information content (AvgIpc) is 2.58. The topological polar surface area (TPSA) is 70.8 Å². The van der Waals surface area contributed by atoms with Crippen molar-refractivity contribution in [1.82, 2.24) is 10.2 Å². The monoisotopic (exact) mass is 332 g/mol. The highest BCUT2D eigenvalue weighted by Crippen LogP contribution is 2.13. The number of non-ortho nitro benzene ring substituents is 1. The van der Waals surface area contributed by atoms with Crippen LogP contribution < -0.4 is 5.32 Å². The number of aryl methyl sites for hydroxylation is 1. The van der Waals surface area contributed by atoms with E-state index in [1.54, 1.807) is 19.2 Å². The Balaban J connectivity index is 2.24. The van der Waals surface area contributed by atoms with Crippen molar-refractivity contribution in [3.05, 3.63) is 52.6 Å². The predicted octanol–water partition coefficient (Wildman–Crippen LogP) is 3.39. The fraction of sp³-hybridized carbons (Fsp3) is 0.500. The number of nitrogens with zero attached hydrogens (tertiary/aromatic N) is 3. The van der Waals surface area contributed by atoms with E-state index in [9.17, 15) is 10.1 Å². The highest BCUT2D eigenvalue weighted by Gasteiger charge is 2.05. The lowest BCUT2D eigenvalue weighted by atomic mass is 10.1. The number of rotatable bonds is 10. The highest BCUT2D eigenvalue weighted by molar-refractivity contribution is 5.79. The molecule has 0 unspecified atom stereocenters. The molecule has 1 aromatic rings. The van der Waals surface area contributed by atoms with Crippen molar-refractivity contribution < 1.29 is 4.92 Å². The van der Waals surface area contributed by atoms with Gasteiger partial charge in [0.2, 0.25) is 0 Å². The first-order chi connectivity index (χ1) is 11.6. The fourth-order valence-corrected chi connectivity index (χ4v) is 2.40. The first-order valence-corrected chi connectivity index (χ1v) is 8.34. The predicted molar refractivity (Wildman–Crippen MR) is 99.5 cm³/mol. The maximum Gasteiger partial charge on any atom is 0.269 e. The first-order valence-electron chi connectivity index (χ1n) is 8.34. The number of nitro groups is 1. The molecule has 0 atom stereocenters. The van der Waals surface area contributed by atoms with Crippen molar-refractivity contribution in [2.75, 3.05) is 27.2 Å². The molecule has 0 spiro atoms. The summed E-state index contributed by atoms with van der Waals surface area (Å²) in [7, 11) is 3.83. The van der Waals surface area contributed by atoms with Gasteiger partial charge in [-0.05, 0) is 37.7 Å². The maximum atomic E-state index is 10.6. The van der Waals surface area contributed by atoms with E-state index in [-0.39, 0.29) is 10.6 Å². The zero-order valence-corrected chi connectivity index (χ0v) is 14.7. The number of hydrogen-bond acceptors (Lipinski definition) is 3. The largest absolute Gasteiger partial charge is 0.356 e. The Kier molecular flexibility index (Phi) is 9.19. The molecule has 0 aliphatic rings. The molecule has 6 heteroatoms. The number of nitrogens with one attached hydrogen (secondary N) is 1. The van der Waals surface area contributed by atoms with E-state index >= 15 is 0 Å². The van der Waals surface area contributed by atoms with E-state index in [0.29, 0.717) is 0 Å². The molecule has 132 valence electrons. The SMILES string of the molecule is C=CCCCN(C)C(=NC)NCCCCc1ccc([N+](=O)[O-])cc1. The van der Waals surface area contributed by atoms with E-state index in [4.69, 9.17) is 0 Å². The third-order valence-electron chi connectivity index (χ3n) is 3.80. The van der Waals surface area contributed by atoms with E-state index in [0.717, 1.165) is 56.7 Å². The van der Waals surface area contributed by atoms with E-state index in [2.05, 4.69) is 21.8 Å². The summed E-state index contributed by atoms with van der Waals surface area (Å²) in [4.78, 5) is 16.7. The first kappa shape index (κ1) is 19.7. The van der Waals surface area contributed by atoms with Gasteiger partial charge in [0.05, 0.1) is 4.92 Å². The van der Waals surface area contributed by atoms with Crippen molar-refractivity contribution in [1.29, 1.82) is 0 Å². The standard InChI is InChI=1S/C18H28N4O2/c1-4-5-8-15-21(3)18(19-2)20-14-7-6-9-16-10-12-17(13-11-16)22(23)24/h4,10-13H,1,5-9,14-15H2,2-3H3,(H,19,20). The number of unbranched alkanes of at least 4 members (excludes halogenated alkanes) is 2. The van der Waals surface area contributed by atoms with Gasteiger partial charge < -0.3 is 10.2 Å². The zero-order chi connectivity index (χ0) is 17.8. The second-order valence-corrected chi connectivity index (χ2v) is 5.71. The second kappa shape index (κ2) is 11.2. The third-order valence-corrected chi connectivity index (χ3v) is 3.80. The lowest BCUT2D eigenvalue weighted by molar-refractivity contribution is -0.384. The average molecular weight is 332 g/mol. The van der Waals surface area contributed by atoms with Crippen LogP contribution in [0.2, 0.25) is 0 Å². The van der Waals surface area contributed by atoms with Gasteiger partial charge in [0, 0.05) is 39.3 Å². The van der Waals surface area contributed by atoms with Gasteiger partial charge in [0.25, 0.3) is 5.69 Å². The number of benzene rings is 1. The van der Waals surface area contributed by atoms with Crippen LogP contribution in [0.25, 0.3) is 0 Å². The Morgan fingerprint density at radius 3 is 2.62 bits per heavy atom. The van der Waals surface area contributed by atoms with Gasteiger partial charge in [-0.1, -0.05) is 18.2 Å². The molecule has 1 rings (SSSR count). The molecule has 24 heavy (non-hydrogen) atoms.